The van der Waals surface area contributed by atoms with Crippen LogP contribution in [0.1, 0.15) is 16.6 Å². The molecule has 0 aliphatic rings. The monoisotopic (exact) mass is 428 g/mol. The number of aryl methyl sites for hydroxylation is 1. The van der Waals surface area contributed by atoms with Gasteiger partial charge in [-0.3, -0.25) is 14.5 Å². The molecule has 146 valence electrons. The van der Waals surface area contributed by atoms with Gasteiger partial charge in [0.1, 0.15) is 6.04 Å². The number of thiazole rings is 1. The fraction of sp³-hybridized carbons (Fsp3) is 0.294. The number of carbonyl (C=O) groups excluding carboxylic acids is 1. The van der Waals surface area contributed by atoms with Gasteiger partial charge in [-0.25, -0.2) is 4.98 Å². The number of halogens is 2. The Morgan fingerprint density at radius 1 is 1.30 bits per heavy atom. The Kier molecular flexibility index (Phi) is 9.37. The van der Waals surface area contributed by atoms with Gasteiger partial charge in [0.05, 0.1) is 16.9 Å². The maximum absolute atomic E-state index is 12.4. The molecule has 0 spiro atoms. The van der Waals surface area contributed by atoms with Crippen molar-refractivity contribution in [2.24, 2.45) is 7.05 Å². The van der Waals surface area contributed by atoms with E-state index in [1.807, 2.05) is 30.8 Å². The van der Waals surface area contributed by atoms with E-state index in [1.165, 1.54) is 0 Å². The molecule has 0 saturated carbocycles. The van der Waals surface area contributed by atoms with Gasteiger partial charge in [-0.2, -0.15) is 5.10 Å². The summed E-state index contributed by atoms with van der Waals surface area (Å²) in [4.78, 5) is 21.0. The first-order chi connectivity index (χ1) is 12.2. The second-order valence-electron chi connectivity index (χ2n) is 5.57. The lowest BCUT2D eigenvalue weighted by Crippen LogP contribution is -2.36. The summed E-state index contributed by atoms with van der Waals surface area (Å²) in [6.07, 6.45) is 7.74. The molecule has 7 nitrogen and oxygen atoms in total. The molecule has 3 rings (SSSR count). The lowest BCUT2D eigenvalue weighted by atomic mass is 10.1. The number of hydrogen-bond acceptors (Lipinski definition) is 6. The summed E-state index contributed by atoms with van der Waals surface area (Å²) in [6, 6.07) is 3.47. The molecule has 1 amide bonds. The van der Waals surface area contributed by atoms with E-state index in [1.54, 1.807) is 41.7 Å². The average molecular weight is 429 g/mol. The Bertz CT molecular complexity index is 839. The number of nitrogens with zero attached hydrogens (tertiary/aromatic N) is 4. The largest absolute Gasteiger partial charge is 0.354 e. The standard InChI is InChI=1S/C17H20N6OS.2ClH/c1-18-16(13-9-21-23(2)10-13)17(24)20-8-5-15-22-14(11-25-15)12-3-6-19-7-4-12;;/h3-4,6-7,9-11,16,18H,5,8H2,1-2H3,(H,20,24);2*1H. The second kappa shape index (κ2) is 11.0. The van der Waals surface area contributed by atoms with Crippen molar-refractivity contribution < 1.29 is 4.79 Å². The first-order valence-electron chi connectivity index (χ1n) is 7.95. The fourth-order valence-corrected chi connectivity index (χ4v) is 3.32. The highest BCUT2D eigenvalue weighted by atomic mass is 35.5. The summed E-state index contributed by atoms with van der Waals surface area (Å²) < 4.78 is 1.68. The molecular formula is C17H22Cl2N6OS. The zero-order chi connectivity index (χ0) is 17.6. The summed E-state index contributed by atoms with van der Waals surface area (Å²) in [6.45, 7) is 0.542. The average Bonchev–Trinajstić information content (AvgIpc) is 3.26. The van der Waals surface area contributed by atoms with Gasteiger partial charge in [-0.1, -0.05) is 0 Å². The molecule has 0 aliphatic carbocycles. The zero-order valence-corrected chi connectivity index (χ0v) is 17.4. The lowest BCUT2D eigenvalue weighted by molar-refractivity contribution is -0.123. The van der Waals surface area contributed by atoms with Crippen LogP contribution in [-0.2, 0) is 18.3 Å². The number of carbonyl (C=O) groups is 1. The van der Waals surface area contributed by atoms with E-state index in [-0.39, 0.29) is 30.7 Å². The summed E-state index contributed by atoms with van der Waals surface area (Å²) >= 11 is 1.60. The van der Waals surface area contributed by atoms with Gasteiger partial charge < -0.3 is 10.6 Å². The highest BCUT2D eigenvalue weighted by molar-refractivity contribution is 7.09. The van der Waals surface area contributed by atoms with Gasteiger partial charge in [0.25, 0.3) is 0 Å². The van der Waals surface area contributed by atoms with Crippen LogP contribution in [0.4, 0.5) is 0 Å². The quantitative estimate of drug-likeness (QED) is 0.603. The maximum Gasteiger partial charge on any atom is 0.241 e. The molecule has 27 heavy (non-hydrogen) atoms. The van der Waals surface area contributed by atoms with Crippen LogP contribution in [0.15, 0.2) is 42.3 Å². The third kappa shape index (κ3) is 6.00. The third-order valence-electron chi connectivity index (χ3n) is 3.77. The van der Waals surface area contributed by atoms with Crippen molar-refractivity contribution in [3.05, 3.63) is 52.9 Å². The number of rotatable bonds is 7. The van der Waals surface area contributed by atoms with Crippen LogP contribution in [0.3, 0.4) is 0 Å². The highest BCUT2D eigenvalue weighted by Gasteiger charge is 2.19. The van der Waals surface area contributed by atoms with E-state index in [2.05, 4.69) is 25.7 Å². The van der Waals surface area contributed by atoms with Crippen LogP contribution in [0, 0.1) is 0 Å². The molecule has 1 atom stereocenters. The van der Waals surface area contributed by atoms with Crippen LogP contribution < -0.4 is 10.6 Å². The topological polar surface area (TPSA) is 84.7 Å². The smallest absolute Gasteiger partial charge is 0.241 e. The molecule has 0 fully saturated rings. The number of hydrogen-bond donors (Lipinski definition) is 2. The summed E-state index contributed by atoms with van der Waals surface area (Å²) in [5.74, 6) is -0.0681. The minimum atomic E-state index is -0.405. The first kappa shape index (κ1) is 23.0. The van der Waals surface area contributed by atoms with Gasteiger partial charge in [0, 0.05) is 55.1 Å². The highest BCUT2D eigenvalue weighted by Crippen LogP contribution is 2.21. The maximum atomic E-state index is 12.4. The molecule has 3 heterocycles. The van der Waals surface area contributed by atoms with Crippen molar-refractivity contribution in [3.8, 4) is 11.3 Å². The molecule has 0 saturated heterocycles. The Balaban J connectivity index is 0.00000182. The van der Waals surface area contributed by atoms with Gasteiger partial charge in [-0.15, -0.1) is 36.2 Å². The molecule has 10 heteroatoms. The Hall–Kier alpha value is -2.00. The third-order valence-corrected chi connectivity index (χ3v) is 4.68. The van der Waals surface area contributed by atoms with E-state index < -0.39 is 6.04 Å². The lowest BCUT2D eigenvalue weighted by Gasteiger charge is -2.14. The number of likely N-dealkylation sites (N-methyl/N-ethyl adjacent to an activating group) is 1. The number of nitrogens with one attached hydrogen (secondary N) is 2. The summed E-state index contributed by atoms with van der Waals surface area (Å²) in [5, 5.41) is 13.1. The first-order valence-corrected chi connectivity index (χ1v) is 8.83. The Labute approximate surface area is 174 Å². The predicted molar refractivity (Wildman–Crippen MR) is 112 cm³/mol. The molecular weight excluding hydrogens is 407 g/mol. The molecule has 0 radical (unpaired) electrons. The van der Waals surface area contributed by atoms with Crippen LogP contribution in [0.25, 0.3) is 11.3 Å². The van der Waals surface area contributed by atoms with Crippen molar-refractivity contribution in [2.75, 3.05) is 13.6 Å². The van der Waals surface area contributed by atoms with Gasteiger partial charge in [0.2, 0.25) is 5.91 Å². The number of amides is 1. The van der Waals surface area contributed by atoms with Crippen LogP contribution in [0.5, 0.6) is 0 Å². The van der Waals surface area contributed by atoms with E-state index >= 15 is 0 Å². The summed E-state index contributed by atoms with van der Waals surface area (Å²) in [5.41, 5.74) is 2.84. The summed E-state index contributed by atoms with van der Waals surface area (Å²) in [7, 11) is 3.59. The molecule has 3 aromatic rings. The normalized spacial score (nSPS) is 11.2. The van der Waals surface area contributed by atoms with Crippen molar-refractivity contribution in [3.63, 3.8) is 0 Å². The predicted octanol–water partition coefficient (Wildman–Crippen LogP) is 2.40. The van der Waals surface area contributed by atoms with Crippen molar-refractivity contribution in [2.45, 2.75) is 12.5 Å². The minimum absolute atomic E-state index is 0. The SMILES string of the molecule is CNC(C(=O)NCCc1nc(-c2ccncc2)cs1)c1cnn(C)c1.Cl.Cl. The van der Waals surface area contributed by atoms with E-state index in [4.69, 9.17) is 0 Å². The van der Waals surface area contributed by atoms with Gasteiger partial charge in [0.15, 0.2) is 0 Å². The van der Waals surface area contributed by atoms with Crippen LogP contribution in [-0.4, -0.2) is 39.2 Å². The second-order valence-corrected chi connectivity index (χ2v) is 6.52. The van der Waals surface area contributed by atoms with E-state index in [0.29, 0.717) is 13.0 Å². The Morgan fingerprint density at radius 2 is 2.04 bits per heavy atom. The van der Waals surface area contributed by atoms with Crippen molar-refractivity contribution in [1.29, 1.82) is 0 Å². The van der Waals surface area contributed by atoms with Gasteiger partial charge >= 0.3 is 0 Å². The molecule has 0 aromatic carbocycles. The molecule has 3 aromatic heterocycles. The number of aromatic nitrogens is 4. The van der Waals surface area contributed by atoms with Crippen LogP contribution >= 0.6 is 36.2 Å². The van der Waals surface area contributed by atoms with Gasteiger partial charge in [-0.05, 0) is 19.2 Å². The van der Waals surface area contributed by atoms with Crippen molar-refractivity contribution in [1.82, 2.24) is 30.4 Å². The molecule has 0 aliphatic heterocycles. The van der Waals surface area contributed by atoms with E-state index in [0.717, 1.165) is 21.8 Å². The molecule has 2 N–H and O–H groups in total. The zero-order valence-electron chi connectivity index (χ0n) is 15.0. The number of pyridine rings is 1. The van der Waals surface area contributed by atoms with Crippen molar-refractivity contribution >= 4 is 42.1 Å². The molecule has 0 bridgehead atoms. The fourth-order valence-electron chi connectivity index (χ4n) is 2.51. The Morgan fingerprint density at radius 3 is 2.67 bits per heavy atom. The van der Waals surface area contributed by atoms with E-state index in [9.17, 15) is 4.79 Å². The molecule has 1 unspecified atom stereocenters. The minimum Gasteiger partial charge on any atom is -0.354 e. The van der Waals surface area contributed by atoms with Crippen LogP contribution in [0.2, 0.25) is 0 Å².